The van der Waals surface area contributed by atoms with Gasteiger partial charge in [0.2, 0.25) is 5.91 Å². The lowest BCUT2D eigenvalue weighted by Gasteiger charge is -2.30. The molecule has 4 rings (SSSR count). The molecule has 8 nitrogen and oxygen atoms in total. The van der Waals surface area contributed by atoms with Crippen molar-refractivity contribution in [1.82, 2.24) is 25.0 Å². The topological polar surface area (TPSA) is 89.4 Å². The molecule has 0 fully saturated rings. The quantitative estimate of drug-likeness (QED) is 0.557. The van der Waals surface area contributed by atoms with Gasteiger partial charge >= 0.3 is 0 Å². The minimum absolute atomic E-state index is 0.0440. The van der Waals surface area contributed by atoms with Crippen molar-refractivity contribution in [3.8, 4) is 5.75 Å². The molecule has 2 aromatic heterocycles. The fourth-order valence-electron chi connectivity index (χ4n) is 4.13. The number of ether oxygens (including phenoxy) is 1. The molecule has 0 spiro atoms. The third-order valence-electron chi connectivity index (χ3n) is 6.34. The molecule has 34 heavy (non-hydrogen) atoms. The smallest absolute Gasteiger partial charge is 0.272 e. The third-order valence-corrected chi connectivity index (χ3v) is 6.34. The average Bonchev–Trinajstić information content (AvgIpc) is 3.24. The normalized spacial score (nSPS) is 13.8. The summed E-state index contributed by atoms with van der Waals surface area (Å²) in [5, 5.41) is 7.68. The molecule has 1 atom stereocenters. The highest BCUT2D eigenvalue weighted by Crippen LogP contribution is 2.25. The van der Waals surface area contributed by atoms with E-state index in [4.69, 9.17) is 9.84 Å². The van der Waals surface area contributed by atoms with E-state index < -0.39 is 0 Å². The van der Waals surface area contributed by atoms with E-state index in [1.807, 2.05) is 65.9 Å². The van der Waals surface area contributed by atoms with Crippen molar-refractivity contribution in [3.63, 3.8) is 0 Å². The first-order valence-electron chi connectivity index (χ1n) is 11.7. The van der Waals surface area contributed by atoms with Crippen LogP contribution in [0.1, 0.15) is 53.3 Å². The van der Waals surface area contributed by atoms with Gasteiger partial charge in [-0.15, -0.1) is 0 Å². The van der Waals surface area contributed by atoms with Crippen LogP contribution in [0.5, 0.6) is 5.75 Å². The number of rotatable bonds is 8. The number of carbonyl (C=O) groups is 2. The Kier molecular flexibility index (Phi) is 7.25. The molecule has 0 saturated heterocycles. The molecule has 3 aromatic rings. The first kappa shape index (κ1) is 23.5. The number of benzene rings is 1. The number of aromatic nitrogens is 3. The molecule has 0 saturated carbocycles. The zero-order chi connectivity index (χ0) is 24.1. The lowest BCUT2D eigenvalue weighted by Crippen LogP contribution is -2.39. The van der Waals surface area contributed by atoms with Crippen LogP contribution in [0.3, 0.4) is 0 Å². The summed E-state index contributed by atoms with van der Waals surface area (Å²) in [5.74, 6) is 0.598. The van der Waals surface area contributed by atoms with Gasteiger partial charge in [-0.2, -0.15) is 5.10 Å². The van der Waals surface area contributed by atoms with E-state index in [-0.39, 0.29) is 17.7 Å². The van der Waals surface area contributed by atoms with E-state index in [9.17, 15) is 9.59 Å². The van der Waals surface area contributed by atoms with Crippen LogP contribution in [0.25, 0.3) is 0 Å². The number of hydrogen-bond donors (Lipinski definition) is 1. The average molecular weight is 462 g/mol. The largest absolute Gasteiger partial charge is 0.497 e. The van der Waals surface area contributed by atoms with E-state index in [2.05, 4.69) is 10.3 Å². The molecule has 0 bridgehead atoms. The van der Waals surface area contributed by atoms with E-state index in [1.54, 1.807) is 13.3 Å². The highest BCUT2D eigenvalue weighted by molar-refractivity contribution is 5.94. The molecule has 2 amide bonds. The molecule has 0 radical (unpaired) electrons. The zero-order valence-corrected chi connectivity index (χ0v) is 20.0. The standard InChI is InChI=1S/C26H31N5O3/c1-4-18(2)26(33)30-14-12-23-22(17-30)24(29-31(23)16-20-7-5-6-13-27-20)25(32)28-15-19-8-10-21(34-3)11-9-19/h5-11,13,18H,4,12,14-17H2,1-3H3,(H,28,32). The molecule has 1 unspecified atom stereocenters. The van der Waals surface area contributed by atoms with E-state index in [1.165, 1.54) is 0 Å². The van der Waals surface area contributed by atoms with E-state index >= 15 is 0 Å². The Balaban J connectivity index is 1.58. The van der Waals surface area contributed by atoms with Crippen molar-refractivity contribution in [2.45, 2.75) is 46.3 Å². The Morgan fingerprint density at radius 3 is 2.65 bits per heavy atom. The van der Waals surface area contributed by atoms with Gasteiger partial charge in [0.05, 0.1) is 19.3 Å². The minimum atomic E-state index is -0.246. The van der Waals surface area contributed by atoms with Gasteiger partial charge in [-0.25, -0.2) is 0 Å². The first-order valence-corrected chi connectivity index (χ1v) is 11.7. The van der Waals surface area contributed by atoms with Gasteiger partial charge in [0.15, 0.2) is 5.69 Å². The van der Waals surface area contributed by atoms with Crippen LogP contribution in [0.4, 0.5) is 0 Å². The van der Waals surface area contributed by atoms with Gasteiger partial charge in [0.1, 0.15) is 5.75 Å². The fourth-order valence-corrected chi connectivity index (χ4v) is 4.13. The molecular weight excluding hydrogens is 430 g/mol. The van der Waals surface area contributed by atoms with Crippen LogP contribution in [0, 0.1) is 5.92 Å². The number of carbonyl (C=O) groups excluding carboxylic acids is 2. The molecular formula is C26H31N5O3. The van der Waals surface area contributed by atoms with Gasteiger partial charge < -0.3 is 15.0 Å². The Bertz CT molecular complexity index is 1140. The summed E-state index contributed by atoms with van der Waals surface area (Å²) in [5.41, 5.74) is 4.03. The van der Waals surface area contributed by atoms with E-state index in [0.29, 0.717) is 38.3 Å². The highest BCUT2D eigenvalue weighted by Gasteiger charge is 2.31. The Morgan fingerprint density at radius 1 is 1.18 bits per heavy atom. The molecule has 8 heteroatoms. The number of fused-ring (bicyclic) bond motifs is 1. The van der Waals surface area contributed by atoms with Gasteiger partial charge in [-0.05, 0) is 36.2 Å². The second kappa shape index (κ2) is 10.5. The van der Waals surface area contributed by atoms with Crippen molar-refractivity contribution in [1.29, 1.82) is 0 Å². The zero-order valence-electron chi connectivity index (χ0n) is 20.0. The number of methoxy groups -OCH3 is 1. The Morgan fingerprint density at radius 2 is 1.97 bits per heavy atom. The molecule has 3 heterocycles. The first-order chi connectivity index (χ1) is 16.5. The molecule has 1 aliphatic rings. The molecule has 1 N–H and O–H groups in total. The number of amides is 2. The maximum atomic E-state index is 13.2. The predicted octanol–water partition coefficient (Wildman–Crippen LogP) is 3.20. The second-order valence-electron chi connectivity index (χ2n) is 8.60. The van der Waals surface area contributed by atoms with Crippen LogP contribution in [-0.2, 0) is 30.8 Å². The van der Waals surface area contributed by atoms with Crippen LogP contribution in [0.15, 0.2) is 48.7 Å². The number of pyridine rings is 1. The van der Waals surface area contributed by atoms with Crippen LogP contribution in [-0.4, -0.2) is 45.1 Å². The summed E-state index contributed by atoms with van der Waals surface area (Å²) in [4.78, 5) is 32.3. The monoisotopic (exact) mass is 461 g/mol. The summed E-state index contributed by atoms with van der Waals surface area (Å²) in [6, 6.07) is 13.3. The third kappa shape index (κ3) is 5.11. The van der Waals surface area contributed by atoms with Gasteiger partial charge in [-0.1, -0.05) is 32.0 Å². The van der Waals surface area contributed by atoms with Crippen LogP contribution < -0.4 is 10.1 Å². The van der Waals surface area contributed by atoms with Gasteiger partial charge in [0.25, 0.3) is 5.91 Å². The Labute approximate surface area is 199 Å². The molecule has 178 valence electrons. The van der Waals surface area contributed by atoms with Crippen molar-refractivity contribution in [2.75, 3.05) is 13.7 Å². The van der Waals surface area contributed by atoms with Crippen molar-refractivity contribution < 1.29 is 14.3 Å². The SMILES string of the molecule is CCC(C)C(=O)N1CCc2c(c(C(=O)NCc3ccc(OC)cc3)nn2Cc2ccccn2)C1. The highest BCUT2D eigenvalue weighted by atomic mass is 16.5. The summed E-state index contributed by atoms with van der Waals surface area (Å²) in [6.07, 6.45) is 3.19. The number of nitrogens with zero attached hydrogens (tertiary/aromatic N) is 4. The molecule has 1 aliphatic heterocycles. The lowest BCUT2D eigenvalue weighted by atomic mass is 10.0. The maximum Gasteiger partial charge on any atom is 0.272 e. The van der Waals surface area contributed by atoms with Crippen LogP contribution in [0.2, 0.25) is 0 Å². The van der Waals surface area contributed by atoms with Crippen molar-refractivity contribution >= 4 is 11.8 Å². The second-order valence-corrected chi connectivity index (χ2v) is 8.60. The van der Waals surface area contributed by atoms with Gasteiger partial charge in [0, 0.05) is 49.4 Å². The van der Waals surface area contributed by atoms with Crippen LogP contribution >= 0.6 is 0 Å². The fraction of sp³-hybridized carbons (Fsp3) is 0.385. The van der Waals surface area contributed by atoms with Crippen molar-refractivity contribution in [2.24, 2.45) is 5.92 Å². The predicted molar refractivity (Wildman–Crippen MR) is 128 cm³/mol. The number of hydrogen-bond acceptors (Lipinski definition) is 5. The lowest BCUT2D eigenvalue weighted by molar-refractivity contribution is -0.136. The van der Waals surface area contributed by atoms with E-state index in [0.717, 1.165) is 34.7 Å². The minimum Gasteiger partial charge on any atom is -0.497 e. The summed E-state index contributed by atoms with van der Waals surface area (Å²) in [7, 11) is 1.62. The van der Waals surface area contributed by atoms with Gasteiger partial charge in [-0.3, -0.25) is 19.3 Å². The van der Waals surface area contributed by atoms with Crippen molar-refractivity contribution in [3.05, 3.63) is 76.9 Å². The molecule has 0 aliphatic carbocycles. The Hall–Kier alpha value is -3.68. The summed E-state index contributed by atoms with van der Waals surface area (Å²) >= 11 is 0. The maximum absolute atomic E-state index is 13.2. The number of nitrogens with one attached hydrogen (secondary N) is 1. The summed E-state index contributed by atoms with van der Waals surface area (Å²) < 4.78 is 7.06. The summed E-state index contributed by atoms with van der Waals surface area (Å²) in [6.45, 7) is 5.84. The molecule has 1 aromatic carbocycles.